The fourth-order valence-electron chi connectivity index (χ4n) is 2.78. The van der Waals surface area contributed by atoms with Gasteiger partial charge in [-0.2, -0.15) is 0 Å². The Morgan fingerprint density at radius 1 is 0.923 bits per heavy atom. The number of hydrogen-bond acceptors (Lipinski definition) is 4. The van der Waals surface area contributed by atoms with Gasteiger partial charge in [-0.05, 0) is 35.4 Å². The van der Waals surface area contributed by atoms with Crippen molar-refractivity contribution < 1.29 is 14.3 Å². The maximum atomic E-state index is 12.7. The Hall–Kier alpha value is -3.53. The Balaban J connectivity index is 1.64. The van der Waals surface area contributed by atoms with Crippen LogP contribution in [0.2, 0.25) is 0 Å². The summed E-state index contributed by atoms with van der Waals surface area (Å²) >= 11 is 0. The molecule has 4 nitrogen and oxygen atoms in total. The van der Waals surface area contributed by atoms with Crippen LogP contribution in [0.3, 0.4) is 0 Å². The van der Waals surface area contributed by atoms with E-state index in [1.54, 1.807) is 42.5 Å². The molecule has 4 heteroatoms. The third-order valence-electron chi connectivity index (χ3n) is 4.17. The van der Waals surface area contributed by atoms with Crippen LogP contribution in [-0.2, 0) is 6.61 Å². The molecule has 0 aliphatic heterocycles. The van der Waals surface area contributed by atoms with Crippen LogP contribution < -0.4 is 10.2 Å². The van der Waals surface area contributed by atoms with E-state index in [9.17, 15) is 9.90 Å². The van der Waals surface area contributed by atoms with E-state index in [2.05, 4.69) is 0 Å². The number of hydrogen-bond donors (Lipinski definition) is 1. The van der Waals surface area contributed by atoms with Gasteiger partial charge >= 0.3 is 0 Å². The van der Waals surface area contributed by atoms with Crippen molar-refractivity contribution in [3.05, 3.63) is 94.8 Å². The summed E-state index contributed by atoms with van der Waals surface area (Å²) in [6, 6.07) is 21.5. The van der Waals surface area contributed by atoms with Gasteiger partial charge in [0.2, 0.25) is 0 Å². The number of fused-ring (bicyclic) bond motifs is 1. The highest BCUT2D eigenvalue weighted by atomic mass is 16.5. The minimum atomic E-state index is -0.119. The maximum absolute atomic E-state index is 12.7. The Labute approximate surface area is 149 Å². The fraction of sp³-hybridized carbons (Fsp3) is 0.0455. The number of phenolic OH excluding ortho intramolecular Hbond substituents is 1. The fourth-order valence-corrected chi connectivity index (χ4v) is 2.78. The first-order valence-electron chi connectivity index (χ1n) is 8.22. The molecule has 3 aromatic carbocycles. The van der Waals surface area contributed by atoms with Gasteiger partial charge < -0.3 is 14.3 Å². The highest BCUT2D eigenvalue weighted by Crippen LogP contribution is 2.24. The van der Waals surface area contributed by atoms with E-state index < -0.39 is 0 Å². The van der Waals surface area contributed by atoms with Crippen LogP contribution >= 0.6 is 0 Å². The summed E-state index contributed by atoms with van der Waals surface area (Å²) in [5.41, 5.74) is 2.57. The van der Waals surface area contributed by atoms with E-state index in [1.165, 1.54) is 6.26 Å². The van der Waals surface area contributed by atoms with Crippen molar-refractivity contribution in [1.29, 1.82) is 0 Å². The van der Waals surface area contributed by atoms with Crippen LogP contribution in [0, 0.1) is 0 Å². The summed E-state index contributed by atoms with van der Waals surface area (Å²) in [4.78, 5) is 12.7. The van der Waals surface area contributed by atoms with Crippen molar-refractivity contribution in [1.82, 2.24) is 0 Å². The molecule has 0 amide bonds. The largest absolute Gasteiger partial charge is 0.508 e. The molecule has 1 N–H and O–H groups in total. The maximum Gasteiger partial charge on any atom is 0.200 e. The molecule has 0 fully saturated rings. The zero-order chi connectivity index (χ0) is 17.9. The number of phenols is 1. The van der Waals surface area contributed by atoms with Crippen molar-refractivity contribution in [2.45, 2.75) is 6.61 Å². The molecule has 0 unspecified atom stereocenters. The van der Waals surface area contributed by atoms with Crippen molar-refractivity contribution in [2.75, 3.05) is 0 Å². The molecule has 0 aliphatic rings. The predicted molar refractivity (Wildman–Crippen MR) is 100 cm³/mol. The molecular weight excluding hydrogens is 328 g/mol. The third-order valence-corrected chi connectivity index (χ3v) is 4.17. The predicted octanol–water partition coefficient (Wildman–Crippen LogP) is 4.74. The average Bonchev–Trinajstić information content (AvgIpc) is 2.68. The summed E-state index contributed by atoms with van der Waals surface area (Å²) in [6.07, 6.45) is 1.44. The molecule has 0 aliphatic carbocycles. The van der Waals surface area contributed by atoms with Crippen LogP contribution in [0.4, 0.5) is 0 Å². The van der Waals surface area contributed by atoms with E-state index in [0.29, 0.717) is 34.5 Å². The van der Waals surface area contributed by atoms with Gasteiger partial charge in [-0.1, -0.05) is 42.5 Å². The number of ether oxygens (including phenoxy) is 1. The lowest BCUT2D eigenvalue weighted by Gasteiger charge is -2.08. The molecule has 4 aromatic rings. The van der Waals surface area contributed by atoms with E-state index in [1.807, 2.05) is 30.3 Å². The number of aromatic hydroxyl groups is 1. The van der Waals surface area contributed by atoms with Crippen LogP contribution in [0.25, 0.3) is 22.1 Å². The van der Waals surface area contributed by atoms with E-state index in [-0.39, 0.29) is 11.2 Å². The summed E-state index contributed by atoms with van der Waals surface area (Å²) < 4.78 is 11.4. The van der Waals surface area contributed by atoms with Gasteiger partial charge in [-0.15, -0.1) is 0 Å². The topological polar surface area (TPSA) is 59.7 Å². The van der Waals surface area contributed by atoms with Gasteiger partial charge in [-0.3, -0.25) is 4.79 Å². The monoisotopic (exact) mass is 344 g/mol. The smallest absolute Gasteiger partial charge is 0.200 e. The zero-order valence-electron chi connectivity index (χ0n) is 13.9. The summed E-state index contributed by atoms with van der Waals surface area (Å²) in [6.45, 7) is 0.447. The minimum Gasteiger partial charge on any atom is -0.508 e. The SMILES string of the molecule is O=c1c(-c2ccc(O)cc2)coc2cc(OCc3ccccc3)ccc12. The molecule has 0 radical (unpaired) electrons. The highest BCUT2D eigenvalue weighted by molar-refractivity contribution is 5.82. The van der Waals surface area contributed by atoms with Crippen LogP contribution in [0.1, 0.15) is 5.56 Å². The third kappa shape index (κ3) is 3.17. The molecule has 0 atom stereocenters. The van der Waals surface area contributed by atoms with E-state index >= 15 is 0 Å². The molecule has 1 aromatic heterocycles. The second kappa shape index (κ2) is 6.76. The van der Waals surface area contributed by atoms with E-state index in [0.717, 1.165) is 5.56 Å². The lowest BCUT2D eigenvalue weighted by molar-refractivity contribution is 0.306. The number of rotatable bonds is 4. The van der Waals surface area contributed by atoms with Gasteiger partial charge in [-0.25, -0.2) is 0 Å². The Morgan fingerprint density at radius 3 is 2.46 bits per heavy atom. The van der Waals surface area contributed by atoms with E-state index in [4.69, 9.17) is 9.15 Å². The Bertz CT molecular complexity index is 1100. The lowest BCUT2D eigenvalue weighted by atomic mass is 10.1. The summed E-state index contributed by atoms with van der Waals surface area (Å²) in [5.74, 6) is 0.793. The molecule has 128 valence electrons. The summed E-state index contributed by atoms with van der Waals surface area (Å²) in [7, 11) is 0. The quantitative estimate of drug-likeness (QED) is 0.581. The highest BCUT2D eigenvalue weighted by Gasteiger charge is 2.10. The molecule has 26 heavy (non-hydrogen) atoms. The first-order chi connectivity index (χ1) is 12.7. The first kappa shape index (κ1) is 16.0. The molecule has 1 heterocycles. The normalized spacial score (nSPS) is 10.8. The van der Waals surface area contributed by atoms with Crippen LogP contribution in [0.5, 0.6) is 11.5 Å². The standard InChI is InChI=1S/C22H16O4/c23-17-8-6-16(7-9-17)20-14-26-21-12-18(10-11-19(21)22(20)24)25-13-15-4-2-1-3-5-15/h1-12,14,23H,13H2. The average molecular weight is 344 g/mol. The molecular formula is C22H16O4. The van der Waals surface area contributed by atoms with Gasteiger partial charge in [0.05, 0.1) is 10.9 Å². The second-order valence-electron chi connectivity index (χ2n) is 5.96. The van der Waals surface area contributed by atoms with Gasteiger partial charge in [0.25, 0.3) is 0 Å². The van der Waals surface area contributed by atoms with Crippen molar-refractivity contribution in [3.63, 3.8) is 0 Å². The molecule has 0 bridgehead atoms. The van der Waals surface area contributed by atoms with Crippen LogP contribution in [0.15, 0.2) is 88.3 Å². The van der Waals surface area contributed by atoms with Crippen LogP contribution in [-0.4, -0.2) is 5.11 Å². The van der Waals surface area contributed by atoms with Crippen molar-refractivity contribution >= 4 is 11.0 Å². The molecule has 0 saturated carbocycles. The number of benzene rings is 3. The molecule has 4 rings (SSSR count). The van der Waals surface area contributed by atoms with Gasteiger partial charge in [0.1, 0.15) is 30.0 Å². The van der Waals surface area contributed by atoms with Crippen molar-refractivity contribution in [3.8, 4) is 22.6 Å². The summed E-state index contributed by atoms with van der Waals surface area (Å²) in [5, 5.41) is 9.88. The lowest BCUT2D eigenvalue weighted by Crippen LogP contribution is -2.05. The molecule has 0 saturated heterocycles. The zero-order valence-corrected chi connectivity index (χ0v) is 13.9. The Kier molecular flexibility index (Phi) is 4.15. The van der Waals surface area contributed by atoms with Gasteiger partial charge in [0.15, 0.2) is 5.43 Å². The van der Waals surface area contributed by atoms with Gasteiger partial charge in [0, 0.05) is 6.07 Å². The van der Waals surface area contributed by atoms with Crippen molar-refractivity contribution in [2.24, 2.45) is 0 Å². The second-order valence-corrected chi connectivity index (χ2v) is 5.96. The Morgan fingerprint density at radius 2 is 1.69 bits per heavy atom. The first-order valence-corrected chi connectivity index (χ1v) is 8.22. The minimum absolute atomic E-state index is 0.119. The molecule has 0 spiro atoms.